The minimum atomic E-state index is -0.121. The van der Waals surface area contributed by atoms with Gasteiger partial charge in [0.15, 0.2) is 0 Å². The Bertz CT molecular complexity index is 625. The van der Waals surface area contributed by atoms with Gasteiger partial charge in [-0.25, -0.2) is 0 Å². The lowest BCUT2D eigenvalue weighted by Crippen LogP contribution is -2.50. The molecule has 4 rings (SSSR count). The summed E-state index contributed by atoms with van der Waals surface area (Å²) in [4.78, 5) is 11.8. The van der Waals surface area contributed by atoms with E-state index in [9.17, 15) is 9.90 Å². The van der Waals surface area contributed by atoms with E-state index in [1.54, 1.807) is 5.57 Å². The molecule has 0 radical (unpaired) electrons. The van der Waals surface area contributed by atoms with Crippen molar-refractivity contribution in [3.05, 3.63) is 11.6 Å². The molecule has 0 amide bonds. The highest BCUT2D eigenvalue weighted by molar-refractivity contribution is 5.69. The molecule has 0 heterocycles. The van der Waals surface area contributed by atoms with Crippen molar-refractivity contribution in [1.29, 1.82) is 0 Å². The molecule has 8 atom stereocenters. The molecule has 0 aliphatic heterocycles. The van der Waals surface area contributed by atoms with E-state index in [1.807, 2.05) is 0 Å². The van der Waals surface area contributed by atoms with Crippen molar-refractivity contribution >= 4 is 5.97 Å². The number of rotatable bonds is 3. The average molecular weight is 375 g/mol. The topological polar surface area (TPSA) is 46.5 Å². The van der Waals surface area contributed by atoms with Crippen LogP contribution in [0.2, 0.25) is 0 Å². The summed E-state index contributed by atoms with van der Waals surface area (Å²) in [6.07, 6.45) is 12.4. The Morgan fingerprint density at radius 3 is 2.74 bits per heavy atom. The number of methoxy groups -OCH3 is 1. The van der Waals surface area contributed by atoms with E-state index in [4.69, 9.17) is 4.74 Å². The van der Waals surface area contributed by atoms with Crippen LogP contribution in [-0.2, 0) is 9.53 Å². The van der Waals surface area contributed by atoms with Crippen molar-refractivity contribution in [3.63, 3.8) is 0 Å². The molecule has 0 aromatic rings. The second-order valence-corrected chi connectivity index (χ2v) is 10.6. The average Bonchev–Trinajstić information content (AvgIpc) is 2.99. The molecule has 0 spiro atoms. The number of carbonyl (C=O) groups is 1. The predicted octanol–water partition coefficient (Wildman–Crippen LogP) is 5.13. The zero-order chi connectivity index (χ0) is 19.4. The fraction of sp³-hybridized carbons (Fsp3) is 0.875. The van der Waals surface area contributed by atoms with Gasteiger partial charge in [-0.15, -0.1) is 0 Å². The van der Waals surface area contributed by atoms with E-state index in [0.29, 0.717) is 29.1 Å². The number of hydrogen-bond acceptors (Lipinski definition) is 3. The van der Waals surface area contributed by atoms with Gasteiger partial charge in [0.1, 0.15) is 0 Å². The summed E-state index contributed by atoms with van der Waals surface area (Å²) < 4.78 is 4.95. The van der Waals surface area contributed by atoms with Crippen LogP contribution in [0.3, 0.4) is 0 Å². The quantitative estimate of drug-likeness (QED) is 0.550. The number of hydrogen-bond donors (Lipinski definition) is 1. The molecule has 3 saturated carbocycles. The van der Waals surface area contributed by atoms with Crippen LogP contribution in [0.25, 0.3) is 0 Å². The zero-order valence-corrected chi connectivity index (χ0v) is 17.7. The van der Waals surface area contributed by atoms with Crippen LogP contribution in [0, 0.1) is 40.4 Å². The van der Waals surface area contributed by atoms with Crippen molar-refractivity contribution in [2.24, 2.45) is 40.4 Å². The van der Waals surface area contributed by atoms with Gasteiger partial charge in [0, 0.05) is 6.42 Å². The molecule has 1 N–H and O–H groups in total. The number of fused-ring (bicyclic) bond motifs is 5. The predicted molar refractivity (Wildman–Crippen MR) is 107 cm³/mol. The van der Waals surface area contributed by atoms with E-state index < -0.39 is 0 Å². The first-order chi connectivity index (χ1) is 12.8. The van der Waals surface area contributed by atoms with Crippen molar-refractivity contribution in [2.75, 3.05) is 7.11 Å². The standard InChI is InChI=1S/C24H38O3/c1-15(13-22(26)27-4)19-7-8-20-18-6-5-16-14-17(25)9-11-23(16,2)21(18)10-12-24(19,20)3/h5,15,17-21,25H,6-14H2,1-4H3/t15-,17+,18+,19-,20+,21+,23+,24-/m1/s1. The van der Waals surface area contributed by atoms with Crippen molar-refractivity contribution in [2.45, 2.75) is 84.7 Å². The summed E-state index contributed by atoms with van der Waals surface area (Å²) in [7, 11) is 1.51. The SMILES string of the molecule is COC(=O)C[C@@H](C)[C@H]1CC[C@H]2[C@@H]3CC=C4C[C@@H](O)CC[C@]4(C)[C@H]3CC[C@]12C. The van der Waals surface area contributed by atoms with Gasteiger partial charge in [0.2, 0.25) is 0 Å². The van der Waals surface area contributed by atoms with Gasteiger partial charge in [0.25, 0.3) is 0 Å². The highest BCUT2D eigenvalue weighted by Gasteiger charge is 2.59. The van der Waals surface area contributed by atoms with E-state index in [1.165, 1.54) is 39.2 Å². The van der Waals surface area contributed by atoms with Crippen LogP contribution in [-0.4, -0.2) is 24.3 Å². The number of esters is 1. The smallest absolute Gasteiger partial charge is 0.305 e. The molecule has 152 valence electrons. The Balaban J connectivity index is 1.56. The van der Waals surface area contributed by atoms with Gasteiger partial charge in [-0.05, 0) is 91.8 Å². The van der Waals surface area contributed by atoms with Gasteiger partial charge in [-0.1, -0.05) is 32.4 Å². The van der Waals surface area contributed by atoms with Crippen molar-refractivity contribution in [3.8, 4) is 0 Å². The van der Waals surface area contributed by atoms with E-state index >= 15 is 0 Å². The lowest BCUT2D eigenvalue weighted by Gasteiger charge is -2.58. The van der Waals surface area contributed by atoms with Crippen LogP contribution in [0.5, 0.6) is 0 Å². The molecular formula is C24H38O3. The number of aliphatic hydroxyl groups excluding tert-OH is 1. The first-order valence-corrected chi connectivity index (χ1v) is 11.2. The Kier molecular flexibility index (Phi) is 4.98. The molecular weight excluding hydrogens is 336 g/mol. The summed E-state index contributed by atoms with van der Waals surface area (Å²) in [6.45, 7) is 7.30. The largest absolute Gasteiger partial charge is 0.469 e. The maximum absolute atomic E-state index is 11.8. The van der Waals surface area contributed by atoms with Crippen molar-refractivity contribution < 1.29 is 14.6 Å². The van der Waals surface area contributed by atoms with Crippen LogP contribution < -0.4 is 0 Å². The van der Waals surface area contributed by atoms with Crippen LogP contribution >= 0.6 is 0 Å². The fourth-order valence-electron chi connectivity index (χ4n) is 8.11. The number of ether oxygens (including phenoxy) is 1. The van der Waals surface area contributed by atoms with Crippen molar-refractivity contribution in [1.82, 2.24) is 0 Å². The van der Waals surface area contributed by atoms with Gasteiger partial charge < -0.3 is 9.84 Å². The second-order valence-electron chi connectivity index (χ2n) is 10.6. The highest BCUT2D eigenvalue weighted by Crippen LogP contribution is 2.67. The van der Waals surface area contributed by atoms with Crippen LogP contribution in [0.4, 0.5) is 0 Å². The normalized spacial score (nSPS) is 47.3. The molecule has 0 aromatic carbocycles. The molecule has 3 heteroatoms. The third-order valence-electron chi connectivity index (χ3n) is 9.55. The summed E-state index contributed by atoms with van der Waals surface area (Å²) in [5, 5.41) is 10.2. The van der Waals surface area contributed by atoms with Gasteiger partial charge in [0.05, 0.1) is 13.2 Å². The molecule has 0 saturated heterocycles. The number of carbonyl (C=O) groups excluding carboxylic acids is 1. The Morgan fingerprint density at radius 1 is 1.22 bits per heavy atom. The Hall–Kier alpha value is -0.830. The van der Waals surface area contributed by atoms with Gasteiger partial charge in [-0.2, -0.15) is 0 Å². The molecule has 4 aliphatic carbocycles. The molecule has 27 heavy (non-hydrogen) atoms. The molecule has 3 nitrogen and oxygen atoms in total. The molecule has 0 aromatic heterocycles. The lowest BCUT2D eigenvalue weighted by atomic mass is 9.47. The minimum absolute atomic E-state index is 0.0539. The fourth-order valence-corrected chi connectivity index (χ4v) is 8.11. The van der Waals surface area contributed by atoms with Gasteiger partial charge >= 0.3 is 5.97 Å². The Morgan fingerprint density at radius 2 is 2.00 bits per heavy atom. The van der Waals surface area contributed by atoms with E-state index in [2.05, 4.69) is 26.8 Å². The lowest BCUT2D eigenvalue weighted by molar-refractivity contribution is -0.142. The summed E-state index contributed by atoms with van der Waals surface area (Å²) in [6, 6.07) is 0. The third kappa shape index (κ3) is 2.99. The third-order valence-corrected chi connectivity index (χ3v) is 9.55. The highest BCUT2D eigenvalue weighted by atomic mass is 16.5. The van der Waals surface area contributed by atoms with E-state index in [-0.39, 0.29) is 12.1 Å². The Labute approximate surface area is 164 Å². The number of allylic oxidation sites excluding steroid dienone is 1. The molecule has 3 fully saturated rings. The first kappa shape index (κ1) is 19.5. The van der Waals surface area contributed by atoms with E-state index in [0.717, 1.165) is 37.0 Å². The summed E-state index contributed by atoms with van der Waals surface area (Å²) in [5.74, 6) is 3.39. The number of aliphatic hydroxyl groups is 1. The monoisotopic (exact) mass is 374 g/mol. The minimum Gasteiger partial charge on any atom is -0.469 e. The summed E-state index contributed by atoms with van der Waals surface area (Å²) in [5.41, 5.74) is 2.25. The molecule has 0 bridgehead atoms. The maximum Gasteiger partial charge on any atom is 0.305 e. The first-order valence-electron chi connectivity index (χ1n) is 11.2. The van der Waals surface area contributed by atoms with Crippen LogP contribution in [0.15, 0.2) is 11.6 Å². The zero-order valence-electron chi connectivity index (χ0n) is 17.7. The molecule has 4 aliphatic rings. The maximum atomic E-state index is 11.8. The second kappa shape index (κ2) is 6.90. The van der Waals surface area contributed by atoms with Gasteiger partial charge in [-0.3, -0.25) is 4.79 Å². The van der Waals surface area contributed by atoms with Crippen LogP contribution in [0.1, 0.15) is 78.6 Å². The summed E-state index contributed by atoms with van der Waals surface area (Å²) >= 11 is 0. The molecule has 0 unspecified atom stereocenters.